The molecule has 2 amide bonds. The third-order valence-electron chi connectivity index (χ3n) is 5.03. The monoisotopic (exact) mass is 398 g/mol. The minimum absolute atomic E-state index is 0.0891. The van der Waals surface area contributed by atoms with Gasteiger partial charge in [0.05, 0.1) is 12.7 Å². The molecule has 0 spiro atoms. The zero-order valence-electron chi connectivity index (χ0n) is 16.4. The molecule has 7 heteroatoms. The summed E-state index contributed by atoms with van der Waals surface area (Å²) in [5, 5.41) is 2.78. The number of likely N-dealkylation sites (tertiary alicyclic amines) is 1. The number of amides is 2. The van der Waals surface area contributed by atoms with Gasteiger partial charge in [0, 0.05) is 30.3 Å². The number of ether oxygens (including phenoxy) is 1. The number of anilines is 1. The van der Waals surface area contributed by atoms with E-state index in [2.05, 4.69) is 5.32 Å². The Bertz CT molecular complexity index is 944. The largest absolute Gasteiger partial charge is 0.496 e. The van der Waals surface area contributed by atoms with Gasteiger partial charge >= 0.3 is 6.03 Å². The Balaban J connectivity index is 1.71. The molecule has 0 saturated carbocycles. The first-order valence-corrected chi connectivity index (χ1v) is 9.43. The fraction of sp³-hybridized carbons (Fsp3) is 0.318. The van der Waals surface area contributed by atoms with Gasteiger partial charge in [-0.2, -0.15) is 0 Å². The van der Waals surface area contributed by atoms with Crippen molar-refractivity contribution in [3.63, 3.8) is 0 Å². The Kier molecular flexibility index (Phi) is 6.26. The number of urea groups is 1. The van der Waals surface area contributed by atoms with Gasteiger partial charge in [0.25, 0.3) is 0 Å². The average molecular weight is 398 g/mol. The van der Waals surface area contributed by atoms with Gasteiger partial charge in [-0.3, -0.25) is 9.59 Å². The number of ketones is 2. The van der Waals surface area contributed by atoms with E-state index in [1.54, 1.807) is 29.2 Å². The molecule has 0 bridgehead atoms. The number of rotatable bonds is 5. The van der Waals surface area contributed by atoms with E-state index in [4.69, 9.17) is 4.74 Å². The van der Waals surface area contributed by atoms with Crippen molar-refractivity contribution in [2.45, 2.75) is 19.8 Å². The van der Waals surface area contributed by atoms with E-state index in [0.29, 0.717) is 36.4 Å². The zero-order valence-corrected chi connectivity index (χ0v) is 16.4. The zero-order chi connectivity index (χ0) is 21.0. The van der Waals surface area contributed by atoms with Crippen molar-refractivity contribution in [1.82, 2.24) is 4.90 Å². The fourth-order valence-corrected chi connectivity index (χ4v) is 3.49. The number of carbonyl (C=O) groups is 3. The van der Waals surface area contributed by atoms with Crippen LogP contribution in [-0.4, -0.2) is 42.7 Å². The molecular weight excluding hydrogens is 375 g/mol. The number of nitrogens with zero attached hydrogens (tertiary/aromatic N) is 1. The van der Waals surface area contributed by atoms with Crippen LogP contribution in [0.15, 0.2) is 42.5 Å². The lowest BCUT2D eigenvalue weighted by molar-refractivity contribution is 0.0847. The van der Waals surface area contributed by atoms with Crippen LogP contribution in [-0.2, 0) is 0 Å². The summed E-state index contributed by atoms with van der Waals surface area (Å²) in [5.74, 6) is -0.955. The Labute approximate surface area is 168 Å². The number of benzene rings is 2. The van der Waals surface area contributed by atoms with Crippen LogP contribution in [0.1, 0.15) is 40.5 Å². The molecule has 3 rings (SSSR count). The van der Waals surface area contributed by atoms with Crippen molar-refractivity contribution in [3.8, 4) is 5.75 Å². The second-order valence-electron chi connectivity index (χ2n) is 7.06. The average Bonchev–Trinajstić information content (AvgIpc) is 2.73. The van der Waals surface area contributed by atoms with Gasteiger partial charge in [0.1, 0.15) is 11.6 Å². The van der Waals surface area contributed by atoms with Crippen molar-refractivity contribution < 1.29 is 23.5 Å². The predicted octanol–water partition coefficient (Wildman–Crippen LogP) is 4.16. The van der Waals surface area contributed by atoms with E-state index in [0.717, 1.165) is 0 Å². The maximum Gasteiger partial charge on any atom is 0.321 e. The number of hydrogen-bond donors (Lipinski definition) is 1. The number of carbonyl (C=O) groups excluding carboxylic acids is 3. The molecule has 0 aliphatic carbocycles. The topological polar surface area (TPSA) is 75.7 Å². The lowest BCUT2D eigenvalue weighted by Crippen LogP contribution is -2.44. The van der Waals surface area contributed by atoms with E-state index >= 15 is 0 Å². The van der Waals surface area contributed by atoms with Crippen LogP contribution in [0.25, 0.3) is 0 Å². The van der Waals surface area contributed by atoms with Gasteiger partial charge in [0.2, 0.25) is 0 Å². The summed E-state index contributed by atoms with van der Waals surface area (Å²) < 4.78 is 18.8. The minimum atomic E-state index is -0.509. The molecule has 2 aromatic rings. The molecule has 1 aliphatic rings. The first-order valence-electron chi connectivity index (χ1n) is 9.43. The normalized spacial score (nSPS) is 16.2. The molecule has 152 valence electrons. The summed E-state index contributed by atoms with van der Waals surface area (Å²) in [6.07, 6.45) is 1.27. The molecule has 1 unspecified atom stereocenters. The number of methoxy groups -OCH3 is 1. The standard InChI is InChI=1S/C22H23FN2O4/c1-14(26)15-5-3-7-18(11-15)24-22(28)25-10-4-6-16(13-25)21(27)19-12-17(23)8-9-20(19)29-2/h3,5,7-9,11-12,16H,4,6,10,13H2,1-2H3,(H,24,28). The first-order chi connectivity index (χ1) is 13.9. The van der Waals surface area contributed by atoms with Crippen molar-refractivity contribution in [2.75, 3.05) is 25.5 Å². The molecule has 2 aromatic carbocycles. The summed E-state index contributed by atoms with van der Waals surface area (Å²) in [6.45, 7) is 2.21. The predicted molar refractivity (Wildman–Crippen MR) is 107 cm³/mol. The highest BCUT2D eigenvalue weighted by molar-refractivity contribution is 6.01. The molecule has 6 nitrogen and oxygen atoms in total. The molecule has 1 N–H and O–H groups in total. The number of nitrogens with one attached hydrogen (secondary N) is 1. The van der Waals surface area contributed by atoms with Crippen LogP contribution in [0.4, 0.5) is 14.9 Å². The molecule has 1 saturated heterocycles. The molecular formula is C22H23FN2O4. The van der Waals surface area contributed by atoms with Crippen LogP contribution < -0.4 is 10.1 Å². The number of Topliss-reactive ketones (excluding diaryl/α,β-unsaturated/α-hetero) is 2. The molecule has 1 aliphatic heterocycles. The second-order valence-corrected chi connectivity index (χ2v) is 7.06. The second kappa shape index (κ2) is 8.86. The summed E-state index contributed by atoms with van der Waals surface area (Å²) in [7, 11) is 1.43. The molecule has 0 aromatic heterocycles. The summed E-state index contributed by atoms with van der Waals surface area (Å²) in [4.78, 5) is 38.7. The van der Waals surface area contributed by atoms with Crippen molar-refractivity contribution in [1.29, 1.82) is 0 Å². The van der Waals surface area contributed by atoms with Gasteiger partial charge in [-0.15, -0.1) is 0 Å². The first kappa shape index (κ1) is 20.5. The van der Waals surface area contributed by atoms with Gasteiger partial charge in [-0.1, -0.05) is 12.1 Å². The van der Waals surface area contributed by atoms with Gasteiger partial charge < -0.3 is 15.0 Å². The highest BCUT2D eigenvalue weighted by atomic mass is 19.1. The summed E-state index contributed by atoms with van der Waals surface area (Å²) in [6, 6.07) is 10.2. The van der Waals surface area contributed by atoms with E-state index < -0.39 is 11.7 Å². The van der Waals surface area contributed by atoms with Crippen molar-refractivity contribution in [3.05, 3.63) is 59.4 Å². The lowest BCUT2D eigenvalue weighted by atomic mass is 9.89. The van der Waals surface area contributed by atoms with E-state index in [1.165, 1.54) is 32.2 Å². The van der Waals surface area contributed by atoms with Gasteiger partial charge in [0.15, 0.2) is 11.6 Å². The molecule has 1 heterocycles. The lowest BCUT2D eigenvalue weighted by Gasteiger charge is -2.32. The third kappa shape index (κ3) is 4.80. The van der Waals surface area contributed by atoms with Crippen LogP contribution in [0.5, 0.6) is 5.75 Å². The highest BCUT2D eigenvalue weighted by Gasteiger charge is 2.30. The van der Waals surface area contributed by atoms with Crippen LogP contribution in [0.2, 0.25) is 0 Å². The van der Waals surface area contributed by atoms with E-state index in [-0.39, 0.29) is 29.7 Å². The summed E-state index contributed by atoms with van der Waals surface area (Å²) in [5.41, 5.74) is 1.21. The fourth-order valence-electron chi connectivity index (χ4n) is 3.49. The van der Waals surface area contributed by atoms with Crippen LogP contribution in [0.3, 0.4) is 0 Å². The Hall–Kier alpha value is -3.22. The van der Waals surface area contributed by atoms with Crippen LogP contribution >= 0.6 is 0 Å². The van der Waals surface area contributed by atoms with E-state index in [9.17, 15) is 18.8 Å². The minimum Gasteiger partial charge on any atom is -0.496 e. The van der Waals surface area contributed by atoms with Crippen LogP contribution in [0, 0.1) is 11.7 Å². The summed E-state index contributed by atoms with van der Waals surface area (Å²) >= 11 is 0. The Morgan fingerprint density at radius 3 is 2.69 bits per heavy atom. The van der Waals surface area contributed by atoms with Crippen molar-refractivity contribution >= 4 is 23.3 Å². The van der Waals surface area contributed by atoms with Gasteiger partial charge in [-0.25, -0.2) is 9.18 Å². The molecule has 29 heavy (non-hydrogen) atoms. The smallest absolute Gasteiger partial charge is 0.321 e. The Morgan fingerprint density at radius 1 is 1.17 bits per heavy atom. The Morgan fingerprint density at radius 2 is 1.97 bits per heavy atom. The maximum absolute atomic E-state index is 13.6. The van der Waals surface area contributed by atoms with E-state index in [1.807, 2.05) is 0 Å². The SMILES string of the molecule is COc1ccc(F)cc1C(=O)C1CCCN(C(=O)Nc2cccc(C(C)=O)c2)C1. The molecule has 0 radical (unpaired) electrons. The quantitative estimate of drug-likeness (QED) is 0.768. The third-order valence-corrected chi connectivity index (χ3v) is 5.03. The number of hydrogen-bond acceptors (Lipinski definition) is 4. The van der Waals surface area contributed by atoms with Crippen molar-refractivity contribution in [2.24, 2.45) is 5.92 Å². The number of piperidine rings is 1. The van der Waals surface area contributed by atoms with Gasteiger partial charge in [-0.05, 0) is 50.1 Å². The number of halogens is 1. The molecule has 1 fully saturated rings. The maximum atomic E-state index is 13.6. The highest BCUT2D eigenvalue weighted by Crippen LogP contribution is 2.27. The molecule has 1 atom stereocenters.